The average Bonchev–Trinajstić information content (AvgIpc) is 3.16. The fourth-order valence-corrected chi connectivity index (χ4v) is 5.66. The van der Waals surface area contributed by atoms with Crippen LogP contribution in [0.1, 0.15) is 5.69 Å². The Kier molecular flexibility index (Phi) is 4.79. The molecule has 28 heavy (non-hydrogen) atoms. The van der Waals surface area contributed by atoms with E-state index in [4.69, 9.17) is 0 Å². The Hall–Kier alpha value is -1.85. The number of hydrogen-bond donors (Lipinski definition) is 1. The van der Waals surface area contributed by atoms with E-state index >= 15 is 0 Å². The van der Waals surface area contributed by atoms with Gasteiger partial charge < -0.3 is 5.11 Å². The van der Waals surface area contributed by atoms with E-state index in [9.17, 15) is 18.3 Å². The van der Waals surface area contributed by atoms with Crippen LogP contribution in [0.15, 0.2) is 35.3 Å². The van der Waals surface area contributed by atoms with Gasteiger partial charge in [0.25, 0.3) is 15.8 Å². The first-order valence-electron chi connectivity index (χ1n) is 9.23. The third kappa shape index (κ3) is 3.15. The smallest absolute Gasteiger partial charge is 0.281 e. The van der Waals surface area contributed by atoms with Crippen LogP contribution >= 0.6 is 0 Å². The van der Waals surface area contributed by atoms with Crippen LogP contribution in [0.3, 0.4) is 0 Å². The summed E-state index contributed by atoms with van der Waals surface area (Å²) in [4.78, 5) is 19.0. The molecule has 0 spiro atoms. The molecule has 0 saturated carbocycles. The van der Waals surface area contributed by atoms with Crippen molar-refractivity contribution in [3.63, 3.8) is 0 Å². The number of aliphatic hydroxyl groups is 1. The number of rotatable bonds is 5. The zero-order valence-electron chi connectivity index (χ0n) is 16.0. The Bertz CT molecular complexity index is 1050. The van der Waals surface area contributed by atoms with E-state index in [1.54, 1.807) is 18.3 Å². The van der Waals surface area contributed by atoms with Gasteiger partial charge in [0, 0.05) is 64.5 Å². The quantitative estimate of drug-likeness (QED) is 0.699. The lowest BCUT2D eigenvalue weighted by Gasteiger charge is -2.28. The number of aliphatic hydroxyl groups excluding tert-OH is 1. The minimum atomic E-state index is -3.49. The summed E-state index contributed by atoms with van der Waals surface area (Å²) in [7, 11) is -0.454. The summed E-state index contributed by atoms with van der Waals surface area (Å²) in [5.41, 5.74) is 0.682. The maximum Gasteiger partial charge on any atom is 0.281 e. The Morgan fingerprint density at radius 2 is 2.07 bits per heavy atom. The molecule has 2 aliphatic rings. The summed E-state index contributed by atoms with van der Waals surface area (Å²) in [6.45, 7) is 2.37. The lowest BCUT2D eigenvalue weighted by atomic mass is 9.82. The minimum absolute atomic E-state index is 0.0498. The van der Waals surface area contributed by atoms with Gasteiger partial charge in [-0.1, -0.05) is 6.07 Å². The molecule has 0 unspecified atom stereocenters. The summed E-state index contributed by atoms with van der Waals surface area (Å²) in [5, 5.41) is 10.1. The minimum Gasteiger partial charge on any atom is -0.396 e. The fraction of sp³-hybridized carbons (Fsp3) is 0.556. The molecule has 2 atom stereocenters. The van der Waals surface area contributed by atoms with E-state index < -0.39 is 15.6 Å². The molecule has 0 aliphatic carbocycles. The predicted molar refractivity (Wildman–Crippen MR) is 104 cm³/mol. The van der Waals surface area contributed by atoms with Crippen molar-refractivity contribution >= 4 is 15.9 Å². The highest BCUT2D eigenvalue weighted by atomic mass is 32.2. The molecule has 4 heterocycles. The van der Waals surface area contributed by atoms with Crippen molar-refractivity contribution in [1.82, 2.24) is 22.9 Å². The Balaban J connectivity index is 1.53. The van der Waals surface area contributed by atoms with Gasteiger partial charge in [-0.25, -0.2) is 4.98 Å². The molecule has 2 aromatic heterocycles. The Morgan fingerprint density at radius 1 is 1.29 bits per heavy atom. The molecule has 2 saturated heterocycles. The number of pyridine rings is 1. The zero-order chi connectivity index (χ0) is 20.1. The molecule has 2 aliphatic heterocycles. The lowest BCUT2D eigenvalue weighted by molar-refractivity contribution is 0.118. The molecule has 0 aromatic carbocycles. The van der Waals surface area contributed by atoms with Crippen molar-refractivity contribution in [3.05, 3.63) is 46.5 Å². The van der Waals surface area contributed by atoms with Gasteiger partial charge in [0.05, 0.1) is 12.3 Å². The third-order valence-corrected chi connectivity index (χ3v) is 7.76. The topological polar surface area (TPSA) is 98.5 Å². The highest BCUT2D eigenvalue weighted by Gasteiger charge is 2.54. The van der Waals surface area contributed by atoms with Crippen LogP contribution in [0, 0.1) is 11.3 Å². The maximum absolute atomic E-state index is 12.5. The van der Waals surface area contributed by atoms with Gasteiger partial charge in [0.15, 0.2) is 0 Å². The second-order valence-corrected chi connectivity index (χ2v) is 10.1. The van der Waals surface area contributed by atoms with Crippen molar-refractivity contribution in [3.8, 4) is 0 Å². The molecule has 9 nitrogen and oxygen atoms in total. The van der Waals surface area contributed by atoms with Gasteiger partial charge in [-0.3, -0.25) is 14.1 Å². The molecular formula is C18H25N5O4S. The van der Waals surface area contributed by atoms with E-state index in [1.807, 2.05) is 6.07 Å². The van der Waals surface area contributed by atoms with Crippen LogP contribution in [0.5, 0.6) is 0 Å². The molecule has 0 radical (unpaired) electrons. The molecule has 2 fully saturated rings. The van der Waals surface area contributed by atoms with E-state index in [-0.39, 0.29) is 18.1 Å². The summed E-state index contributed by atoms with van der Waals surface area (Å²) >= 11 is 0. The normalized spacial score (nSPS) is 26.4. The second kappa shape index (κ2) is 6.89. The van der Waals surface area contributed by atoms with Crippen LogP contribution < -0.4 is 5.56 Å². The summed E-state index contributed by atoms with van der Waals surface area (Å²) < 4.78 is 29.1. The van der Waals surface area contributed by atoms with Crippen molar-refractivity contribution in [2.24, 2.45) is 11.3 Å². The SMILES string of the molecule is CN(C)S(=O)(=O)N1C[C@@H]2CN(Cc3cc(=O)n4ccccc4n3)C[C@]2(CO)C1. The highest BCUT2D eigenvalue weighted by Crippen LogP contribution is 2.43. The number of fused-ring (bicyclic) bond motifs is 2. The molecule has 0 amide bonds. The Labute approximate surface area is 164 Å². The monoisotopic (exact) mass is 407 g/mol. The molecule has 2 aromatic rings. The molecule has 10 heteroatoms. The number of likely N-dealkylation sites (tertiary alicyclic amines) is 1. The van der Waals surface area contributed by atoms with Crippen molar-refractivity contribution in [2.45, 2.75) is 6.54 Å². The van der Waals surface area contributed by atoms with E-state index in [0.717, 1.165) is 0 Å². The zero-order valence-corrected chi connectivity index (χ0v) is 16.8. The van der Waals surface area contributed by atoms with Gasteiger partial charge in [-0.15, -0.1) is 0 Å². The summed E-state index contributed by atoms with van der Waals surface area (Å²) in [5.74, 6) is 0.0498. The molecule has 152 valence electrons. The van der Waals surface area contributed by atoms with Gasteiger partial charge >= 0.3 is 0 Å². The predicted octanol–water partition coefficient (Wildman–Crippen LogP) is -0.773. The first kappa shape index (κ1) is 19.5. The average molecular weight is 407 g/mol. The van der Waals surface area contributed by atoms with Gasteiger partial charge in [0.1, 0.15) is 5.65 Å². The standard InChI is InChI=1S/C18H25N5O4S/c1-20(2)28(26,27)22-9-14-8-21(11-18(14,12-22)13-24)10-15-7-17(25)23-6-4-3-5-16(23)19-15/h3-7,14,24H,8-13H2,1-2H3/t14-,18+/m0/s1. The van der Waals surface area contributed by atoms with Gasteiger partial charge in [-0.05, 0) is 18.1 Å². The molecule has 1 N–H and O–H groups in total. The second-order valence-electron chi connectivity index (χ2n) is 7.98. The van der Waals surface area contributed by atoms with Crippen LogP contribution in [0.25, 0.3) is 5.65 Å². The largest absolute Gasteiger partial charge is 0.396 e. The lowest BCUT2D eigenvalue weighted by Crippen LogP contribution is -2.43. The van der Waals surface area contributed by atoms with Crippen LogP contribution in [-0.2, 0) is 16.8 Å². The maximum atomic E-state index is 12.5. The Morgan fingerprint density at radius 3 is 2.75 bits per heavy atom. The van der Waals surface area contributed by atoms with Crippen LogP contribution in [0.2, 0.25) is 0 Å². The fourth-order valence-electron chi connectivity index (χ4n) is 4.41. The molecule has 4 rings (SSSR count). The summed E-state index contributed by atoms with van der Waals surface area (Å²) in [6, 6.07) is 6.96. The third-order valence-electron chi connectivity index (χ3n) is 5.91. The van der Waals surface area contributed by atoms with E-state index in [0.29, 0.717) is 44.1 Å². The van der Waals surface area contributed by atoms with Gasteiger partial charge in [0.2, 0.25) is 0 Å². The van der Waals surface area contributed by atoms with Crippen molar-refractivity contribution < 1.29 is 13.5 Å². The first-order valence-corrected chi connectivity index (χ1v) is 10.6. The summed E-state index contributed by atoms with van der Waals surface area (Å²) in [6.07, 6.45) is 1.69. The van der Waals surface area contributed by atoms with Crippen molar-refractivity contribution in [2.75, 3.05) is 46.9 Å². The molecular weight excluding hydrogens is 382 g/mol. The highest BCUT2D eigenvalue weighted by molar-refractivity contribution is 7.86. The van der Waals surface area contributed by atoms with E-state index in [2.05, 4.69) is 9.88 Å². The van der Waals surface area contributed by atoms with Crippen LogP contribution in [-0.4, -0.2) is 83.3 Å². The van der Waals surface area contributed by atoms with Crippen LogP contribution in [0.4, 0.5) is 0 Å². The number of hydrogen-bond acceptors (Lipinski definition) is 6. The van der Waals surface area contributed by atoms with Gasteiger partial charge in [-0.2, -0.15) is 17.0 Å². The first-order chi connectivity index (χ1) is 13.2. The number of aromatic nitrogens is 2. The number of nitrogens with zero attached hydrogens (tertiary/aromatic N) is 5. The van der Waals surface area contributed by atoms with E-state index in [1.165, 1.54) is 33.2 Å². The van der Waals surface area contributed by atoms with Crippen molar-refractivity contribution in [1.29, 1.82) is 0 Å². The molecule has 0 bridgehead atoms.